The van der Waals surface area contributed by atoms with E-state index in [0.29, 0.717) is 16.9 Å². The van der Waals surface area contributed by atoms with Gasteiger partial charge in [-0.15, -0.1) is 0 Å². The highest BCUT2D eigenvalue weighted by Gasteiger charge is 2.21. The lowest BCUT2D eigenvalue weighted by Crippen LogP contribution is -2.06. The third-order valence-electron chi connectivity index (χ3n) is 2.76. The van der Waals surface area contributed by atoms with E-state index in [1.807, 2.05) is 0 Å². The summed E-state index contributed by atoms with van der Waals surface area (Å²) in [5.41, 5.74) is 1.30. The van der Waals surface area contributed by atoms with E-state index >= 15 is 0 Å². The van der Waals surface area contributed by atoms with E-state index in [1.54, 1.807) is 48.7 Å². The normalized spacial score (nSPS) is 13.4. The van der Waals surface area contributed by atoms with Gasteiger partial charge in [0.1, 0.15) is 0 Å². The first-order valence-corrected chi connectivity index (χ1v) is 8.10. The van der Waals surface area contributed by atoms with Gasteiger partial charge in [0.2, 0.25) is 0 Å². The Morgan fingerprint density at radius 1 is 1.19 bits per heavy atom. The van der Waals surface area contributed by atoms with E-state index in [9.17, 15) is 14.3 Å². The molecule has 7 heteroatoms. The second-order valence-corrected chi connectivity index (χ2v) is 6.46. The molecule has 1 heterocycles. The monoisotopic (exact) mass is 306 g/mol. The summed E-state index contributed by atoms with van der Waals surface area (Å²) in [5, 5.41) is 11.4. The van der Waals surface area contributed by atoms with Crippen LogP contribution >= 0.6 is 7.52 Å². The molecule has 0 bridgehead atoms. The molecule has 0 saturated carbocycles. The highest BCUT2D eigenvalue weighted by Crippen LogP contribution is 2.44. The number of hydrogen-bond donors (Lipinski definition) is 3. The van der Waals surface area contributed by atoms with Gasteiger partial charge in [-0.05, 0) is 23.8 Å². The third kappa shape index (κ3) is 4.70. The Morgan fingerprint density at radius 3 is 2.57 bits per heavy atom. The smallest absolute Gasteiger partial charge is 0.307 e. The van der Waals surface area contributed by atoms with Crippen LogP contribution in [-0.4, -0.2) is 21.0 Å². The van der Waals surface area contributed by atoms with Crippen LogP contribution in [0.3, 0.4) is 0 Å². The molecule has 0 fully saturated rings. The van der Waals surface area contributed by atoms with Crippen molar-refractivity contribution in [1.82, 2.24) is 4.98 Å². The van der Waals surface area contributed by atoms with E-state index in [-0.39, 0.29) is 12.6 Å². The van der Waals surface area contributed by atoms with E-state index in [4.69, 9.17) is 5.11 Å². The molecule has 3 N–H and O–H groups in total. The molecule has 1 aromatic heterocycles. The molecule has 0 aliphatic rings. The van der Waals surface area contributed by atoms with Crippen LogP contribution in [0.1, 0.15) is 11.3 Å². The topological polar surface area (TPSA) is 99.5 Å². The van der Waals surface area contributed by atoms with Gasteiger partial charge in [-0.25, -0.2) is 0 Å². The van der Waals surface area contributed by atoms with Crippen LogP contribution in [0.5, 0.6) is 0 Å². The van der Waals surface area contributed by atoms with Crippen LogP contribution in [0, 0.1) is 0 Å². The number of benzene rings is 1. The minimum Gasteiger partial charge on any atom is -0.481 e. The van der Waals surface area contributed by atoms with Crippen LogP contribution in [0.25, 0.3) is 0 Å². The van der Waals surface area contributed by atoms with Crippen LogP contribution in [0.4, 0.5) is 5.69 Å². The third-order valence-corrected chi connectivity index (χ3v) is 4.10. The maximum absolute atomic E-state index is 12.2. The van der Waals surface area contributed by atoms with Crippen LogP contribution < -0.4 is 5.09 Å². The molecule has 1 aromatic carbocycles. The number of nitrogens with zero attached hydrogens (tertiary/aromatic N) is 1. The second kappa shape index (κ2) is 6.52. The zero-order valence-electron chi connectivity index (χ0n) is 11.1. The molecule has 0 spiro atoms. The molecule has 1 unspecified atom stereocenters. The van der Waals surface area contributed by atoms with Gasteiger partial charge in [-0.1, -0.05) is 24.3 Å². The first-order valence-electron chi connectivity index (χ1n) is 6.26. The number of para-hydroxylation sites is 1. The number of pyridine rings is 1. The number of carboxylic acids is 1. The van der Waals surface area contributed by atoms with Crippen molar-refractivity contribution < 1.29 is 19.4 Å². The number of anilines is 1. The Balaban J connectivity index is 2.17. The fourth-order valence-corrected chi connectivity index (χ4v) is 3.19. The highest BCUT2D eigenvalue weighted by atomic mass is 31.2. The Morgan fingerprint density at radius 2 is 1.90 bits per heavy atom. The predicted molar refractivity (Wildman–Crippen MR) is 79.2 cm³/mol. The number of carboxylic acid groups (broad SMARTS) is 1. The summed E-state index contributed by atoms with van der Waals surface area (Å²) < 4.78 is 12.2. The number of nitrogens with one attached hydrogen (secondary N) is 1. The molecule has 110 valence electrons. The molecule has 1 atom stereocenters. The molecule has 2 aromatic rings. The largest absolute Gasteiger partial charge is 0.481 e. The SMILES string of the molecule is O=C(O)Cc1ccccc1NP(=O)(O)Cc1ccccn1. The Labute approximate surface area is 122 Å². The van der Waals surface area contributed by atoms with Gasteiger partial charge in [0.15, 0.2) is 0 Å². The Kier molecular flexibility index (Phi) is 4.73. The van der Waals surface area contributed by atoms with Gasteiger partial charge in [0.05, 0.1) is 18.3 Å². The van der Waals surface area contributed by atoms with E-state index in [1.165, 1.54) is 0 Å². The number of aliphatic carboxylic acids is 1. The van der Waals surface area contributed by atoms with Gasteiger partial charge in [0.25, 0.3) is 7.52 Å². The maximum Gasteiger partial charge on any atom is 0.307 e. The lowest BCUT2D eigenvalue weighted by Gasteiger charge is -2.16. The summed E-state index contributed by atoms with van der Waals surface area (Å²) in [7, 11) is -3.71. The zero-order valence-corrected chi connectivity index (χ0v) is 12.0. The average molecular weight is 306 g/mol. The summed E-state index contributed by atoms with van der Waals surface area (Å²) in [6, 6.07) is 11.7. The van der Waals surface area contributed by atoms with Crippen molar-refractivity contribution in [3.8, 4) is 0 Å². The number of carbonyl (C=O) groups is 1. The first kappa shape index (κ1) is 15.2. The molecule has 21 heavy (non-hydrogen) atoms. The first-order chi connectivity index (χ1) is 9.96. The van der Waals surface area contributed by atoms with Gasteiger partial charge in [-0.2, -0.15) is 0 Å². The average Bonchev–Trinajstić information content (AvgIpc) is 2.41. The zero-order chi connectivity index (χ0) is 15.3. The van der Waals surface area contributed by atoms with E-state index in [2.05, 4.69) is 10.1 Å². The fourth-order valence-electron chi connectivity index (χ4n) is 1.89. The lowest BCUT2D eigenvalue weighted by atomic mass is 10.1. The molecule has 0 amide bonds. The molecular formula is C14H15N2O4P. The minimum absolute atomic E-state index is 0.130. The van der Waals surface area contributed by atoms with Crippen LogP contribution in [0.2, 0.25) is 0 Å². The van der Waals surface area contributed by atoms with Gasteiger partial charge >= 0.3 is 5.97 Å². The van der Waals surface area contributed by atoms with Crippen molar-refractivity contribution in [2.45, 2.75) is 12.6 Å². The van der Waals surface area contributed by atoms with Gasteiger partial charge < -0.3 is 15.1 Å². The second-order valence-electron chi connectivity index (χ2n) is 4.52. The van der Waals surface area contributed by atoms with Crippen molar-refractivity contribution in [2.75, 3.05) is 5.09 Å². The van der Waals surface area contributed by atoms with E-state index < -0.39 is 13.5 Å². The molecular weight excluding hydrogens is 291 g/mol. The summed E-state index contributed by atoms with van der Waals surface area (Å²) in [6.45, 7) is 0. The number of hydrogen-bond acceptors (Lipinski definition) is 3. The molecule has 0 aliphatic carbocycles. The Bertz CT molecular complexity index is 676. The summed E-state index contributed by atoms with van der Waals surface area (Å²) in [6.07, 6.45) is 1.20. The minimum atomic E-state index is -3.71. The lowest BCUT2D eigenvalue weighted by molar-refractivity contribution is -0.136. The standard InChI is InChI=1S/C14H15N2O4P/c17-14(18)9-11-5-1-2-7-13(11)16-21(19,20)10-12-6-3-4-8-15-12/h1-8H,9-10H2,(H,17,18)(H2,16,19,20). The molecule has 0 saturated heterocycles. The van der Waals surface area contributed by atoms with Gasteiger partial charge in [-0.3, -0.25) is 14.3 Å². The van der Waals surface area contributed by atoms with Crippen molar-refractivity contribution in [3.05, 3.63) is 59.9 Å². The quantitative estimate of drug-likeness (QED) is 0.709. The summed E-state index contributed by atoms with van der Waals surface area (Å²) in [5.74, 6) is -0.998. The summed E-state index contributed by atoms with van der Waals surface area (Å²) >= 11 is 0. The fraction of sp³-hybridized carbons (Fsp3) is 0.143. The molecule has 6 nitrogen and oxygen atoms in total. The summed E-state index contributed by atoms with van der Waals surface area (Å²) in [4.78, 5) is 24.9. The predicted octanol–water partition coefficient (Wildman–Crippen LogP) is 2.51. The van der Waals surface area contributed by atoms with Crippen molar-refractivity contribution >= 4 is 19.2 Å². The van der Waals surface area contributed by atoms with Crippen molar-refractivity contribution in [3.63, 3.8) is 0 Å². The van der Waals surface area contributed by atoms with Crippen LogP contribution in [-0.2, 0) is 21.9 Å². The van der Waals surface area contributed by atoms with Crippen LogP contribution in [0.15, 0.2) is 48.7 Å². The van der Waals surface area contributed by atoms with Crippen molar-refractivity contribution in [2.24, 2.45) is 0 Å². The number of rotatable bonds is 6. The Hall–Kier alpha value is -2.17. The molecule has 0 radical (unpaired) electrons. The maximum atomic E-state index is 12.2. The van der Waals surface area contributed by atoms with Crippen molar-refractivity contribution in [1.29, 1.82) is 0 Å². The number of aromatic nitrogens is 1. The molecule has 2 rings (SSSR count). The molecule has 0 aliphatic heterocycles. The van der Waals surface area contributed by atoms with E-state index in [0.717, 1.165) is 0 Å². The highest BCUT2D eigenvalue weighted by molar-refractivity contribution is 7.58. The van der Waals surface area contributed by atoms with Gasteiger partial charge in [0, 0.05) is 11.9 Å².